The second-order valence-corrected chi connectivity index (χ2v) is 4.51. The largest absolute Gasteiger partial charge is 0.447 e. The average Bonchev–Trinajstić information content (AvgIpc) is 2.26. The zero-order valence-electron chi connectivity index (χ0n) is 10.6. The standard InChI is InChI=1S/C12H23NO3/c1-4-8-15-11-6-5-7-13(9-11)12(14)16-10(2)3/h10-11H,4-9H2,1-3H3. The van der Waals surface area contributed by atoms with Gasteiger partial charge in [0.15, 0.2) is 0 Å². The van der Waals surface area contributed by atoms with Crippen molar-refractivity contribution in [2.75, 3.05) is 19.7 Å². The molecule has 1 saturated heterocycles. The van der Waals surface area contributed by atoms with E-state index in [4.69, 9.17) is 9.47 Å². The van der Waals surface area contributed by atoms with Gasteiger partial charge in [0.2, 0.25) is 0 Å². The van der Waals surface area contributed by atoms with Crippen molar-refractivity contribution in [2.24, 2.45) is 0 Å². The summed E-state index contributed by atoms with van der Waals surface area (Å²) < 4.78 is 10.8. The van der Waals surface area contributed by atoms with Crippen molar-refractivity contribution in [1.29, 1.82) is 0 Å². The van der Waals surface area contributed by atoms with Crippen molar-refractivity contribution in [1.82, 2.24) is 4.90 Å². The van der Waals surface area contributed by atoms with Gasteiger partial charge in [-0.2, -0.15) is 0 Å². The highest BCUT2D eigenvalue weighted by atomic mass is 16.6. The molecule has 1 fully saturated rings. The Balaban J connectivity index is 2.34. The van der Waals surface area contributed by atoms with Gasteiger partial charge in [-0.05, 0) is 33.1 Å². The van der Waals surface area contributed by atoms with Gasteiger partial charge < -0.3 is 14.4 Å². The number of piperidine rings is 1. The summed E-state index contributed by atoms with van der Waals surface area (Å²) in [6.07, 6.45) is 3.00. The highest BCUT2D eigenvalue weighted by Crippen LogP contribution is 2.14. The van der Waals surface area contributed by atoms with Crippen molar-refractivity contribution in [3.8, 4) is 0 Å². The molecule has 1 heterocycles. The number of ether oxygens (including phenoxy) is 2. The Bertz CT molecular complexity index is 218. The smallest absolute Gasteiger partial charge is 0.410 e. The Morgan fingerprint density at radius 1 is 1.50 bits per heavy atom. The Kier molecular flexibility index (Phi) is 5.60. The molecule has 0 radical (unpaired) electrons. The lowest BCUT2D eigenvalue weighted by molar-refractivity contribution is -0.00615. The summed E-state index contributed by atoms with van der Waals surface area (Å²) in [5, 5.41) is 0. The Morgan fingerprint density at radius 3 is 2.88 bits per heavy atom. The molecule has 0 spiro atoms. The van der Waals surface area contributed by atoms with E-state index < -0.39 is 0 Å². The predicted molar refractivity (Wildman–Crippen MR) is 62.5 cm³/mol. The maximum atomic E-state index is 11.7. The summed E-state index contributed by atoms with van der Waals surface area (Å²) in [4.78, 5) is 13.4. The fourth-order valence-corrected chi connectivity index (χ4v) is 1.80. The fraction of sp³-hybridized carbons (Fsp3) is 0.917. The molecule has 0 aromatic rings. The summed E-state index contributed by atoms with van der Waals surface area (Å²) in [5.74, 6) is 0. The summed E-state index contributed by atoms with van der Waals surface area (Å²) >= 11 is 0. The van der Waals surface area contributed by atoms with Crippen LogP contribution >= 0.6 is 0 Å². The third-order valence-corrected chi connectivity index (χ3v) is 2.53. The van der Waals surface area contributed by atoms with Gasteiger partial charge in [-0.1, -0.05) is 6.92 Å². The molecule has 1 aliphatic heterocycles. The van der Waals surface area contributed by atoms with Crippen LogP contribution in [0.5, 0.6) is 0 Å². The lowest BCUT2D eigenvalue weighted by atomic mass is 10.1. The molecule has 1 amide bonds. The summed E-state index contributed by atoms with van der Waals surface area (Å²) in [5.41, 5.74) is 0. The molecule has 0 aliphatic carbocycles. The predicted octanol–water partition coefficient (Wildman–Crippen LogP) is 2.42. The molecular weight excluding hydrogens is 206 g/mol. The van der Waals surface area contributed by atoms with Crippen LogP contribution < -0.4 is 0 Å². The number of hydrogen-bond donors (Lipinski definition) is 0. The van der Waals surface area contributed by atoms with Crippen LogP contribution in [-0.4, -0.2) is 42.9 Å². The van der Waals surface area contributed by atoms with Crippen LogP contribution in [0.15, 0.2) is 0 Å². The van der Waals surface area contributed by atoms with Gasteiger partial charge in [-0.15, -0.1) is 0 Å². The first-order valence-electron chi connectivity index (χ1n) is 6.20. The first kappa shape index (κ1) is 13.3. The van der Waals surface area contributed by atoms with Gasteiger partial charge in [-0.25, -0.2) is 4.79 Å². The number of carbonyl (C=O) groups is 1. The van der Waals surface area contributed by atoms with E-state index >= 15 is 0 Å². The Labute approximate surface area is 97.9 Å². The van der Waals surface area contributed by atoms with E-state index in [2.05, 4.69) is 6.92 Å². The van der Waals surface area contributed by atoms with E-state index in [-0.39, 0.29) is 18.3 Å². The van der Waals surface area contributed by atoms with Crippen LogP contribution in [0.1, 0.15) is 40.0 Å². The Hall–Kier alpha value is -0.770. The molecule has 1 atom stereocenters. The molecule has 94 valence electrons. The SMILES string of the molecule is CCCOC1CCCN(C(=O)OC(C)C)C1. The van der Waals surface area contributed by atoms with Crippen molar-refractivity contribution < 1.29 is 14.3 Å². The molecule has 1 unspecified atom stereocenters. The third kappa shape index (κ3) is 4.39. The minimum absolute atomic E-state index is 0.0514. The monoisotopic (exact) mass is 229 g/mol. The van der Waals surface area contributed by atoms with Crippen molar-refractivity contribution in [2.45, 2.75) is 52.2 Å². The van der Waals surface area contributed by atoms with Crippen LogP contribution in [0.3, 0.4) is 0 Å². The van der Waals surface area contributed by atoms with Crippen molar-refractivity contribution in [3.05, 3.63) is 0 Å². The summed E-state index contributed by atoms with van der Waals surface area (Å²) in [7, 11) is 0. The number of amides is 1. The van der Waals surface area contributed by atoms with Crippen molar-refractivity contribution >= 4 is 6.09 Å². The quantitative estimate of drug-likeness (QED) is 0.743. The first-order valence-corrected chi connectivity index (χ1v) is 6.20. The van der Waals surface area contributed by atoms with Gasteiger partial charge in [0.25, 0.3) is 0 Å². The number of rotatable bonds is 4. The zero-order valence-corrected chi connectivity index (χ0v) is 10.6. The van der Waals surface area contributed by atoms with Gasteiger partial charge in [-0.3, -0.25) is 0 Å². The third-order valence-electron chi connectivity index (χ3n) is 2.53. The minimum atomic E-state index is -0.209. The van der Waals surface area contributed by atoms with E-state index in [1.54, 1.807) is 4.90 Å². The number of carbonyl (C=O) groups excluding carboxylic acids is 1. The van der Waals surface area contributed by atoms with Crippen LogP contribution in [0.2, 0.25) is 0 Å². The van der Waals surface area contributed by atoms with E-state index in [9.17, 15) is 4.79 Å². The average molecular weight is 229 g/mol. The van der Waals surface area contributed by atoms with E-state index in [0.717, 1.165) is 32.4 Å². The van der Waals surface area contributed by atoms with Crippen molar-refractivity contribution in [3.63, 3.8) is 0 Å². The van der Waals surface area contributed by atoms with Gasteiger partial charge >= 0.3 is 6.09 Å². The highest BCUT2D eigenvalue weighted by Gasteiger charge is 2.25. The summed E-state index contributed by atoms with van der Waals surface area (Å²) in [6.45, 7) is 8.06. The maximum Gasteiger partial charge on any atom is 0.410 e. The number of likely N-dealkylation sites (tertiary alicyclic amines) is 1. The molecule has 16 heavy (non-hydrogen) atoms. The lowest BCUT2D eigenvalue weighted by Gasteiger charge is -2.32. The molecule has 0 aromatic heterocycles. The first-order chi connectivity index (χ1) is 7.63. The molecule has 0 aromatic carbocycles. The minimum Gasteiger partial charge on any atom is -0.447 e. The summed E-state index contributed by atoms with van der Waals surface area (Å²) in [6, 6.07) is 0. The number of hydrogen-bond acceptors (Lipinski definition) is 3. The molecular formula is C12H23NO3. The molecule has 0 N–H and O–H groups in total. The molecule has 1 aliphatic rings. The lowest BCUT2D eigenvalue weighted by Crippen LogP contribution is -2.44. The highest BCUT2D eigenvalue weighted by molar-refractivity contribution is 5.67. The molecule has 4 nitrogen and oxygen atoms in total. The Morgan fingerprint density at radius 2 is 2.25 bits per heavy atom. The molecule has 0 bridgehead atoms. The van der Waals surface area contributed by atoms with Crippen LogP contribution in [0, 0.1) is 0 Å². The van der Waals surface area contributed by atoms with Crippen LogP contribution in [0.25, 0.3) is 0 Å². The molecule has 0 saturated carbocycles. The van der Waals surface area contributed by atoms with Crippen LogP contribution in [0.4, 0.5) is 4.79 Å². The number of nitrogens with zero attached hydrogens (tertiary/aromatic N) is 1. The molecule has 4 heteroatoms. The maximum absolute atomic E-state index is 11.7. The van der Waals surface area contributed by atoms with E-state index in [0.29, 0.717) is 6.54 Å². The van der Waals surface area contributed by atoms with Crippen LogP contribution in [-0.2, 0) is 9.47 Å². The van der Waals surface area contributed by atoms with E-state index in [1.807, 2.05) is 13.8 Å². The van der Waals surface area contributed by atoms with Gasteiger partial charge in [0, 0.05) is 13.2 Å². The normalized spacial score (nSPS) is 21.2. The molecule has 1 rings (SSSR count). The van der Waals surface area contributed by atoms with E-state index in [1.165, 1.54) is 0 Å². The zero-order chi connectivity index (χ0) is 12.0. The second-order valence-electron chi connectivity index (χ2n) is 4.51. The fourth-order valence-electron chi connectivity index (χ4n) is 1.80. The van der Waals surface area contributed by atoms with Gasteiger partial charge in [0.1, 0.15) is 0 Å². The second kappa shape index (κ2) is 6.74. The van der Waals surface area contributed by atoms with Gasteiger partial charge in [0.05, 0.1) is 18.8 Å². The topological polar surface area (TPSA) is 38.8 Å².